The normalized spacial score (nSPS) is 13.8. The molecular formula is C20H24N8O4. The molecule has 12 heteroatoms. The van der Waals surface area contributed by atoms with Gasteiger partial charge in [0.05, 0.1) is 12.4 Å². The predicted octanol–water partition coefficient (Wildman–Crippen LogP) is 0.772. The van der Waals surface area contributed by atoms with E-state index in [1.807, 2.05) is 20.8 Å². The second-order valence-corrected chi connectivity index (χ2v) is 8.97. The van der Waals surface area contributed by atoms with Crippen LogP contribution in [-0.2, 0) is 6.54 Å². The van der Waals surface area contributed by atoms with Gasteiger partial charge >= 0.3 is 0 Å². The van der Waals surface area contributed by atoms with Crippen LogP contribution in [0, 0.1) is 5.41 Å². The lowest BCUT2D eigenvalue weighted by Gasteiger charge is -2.21. The SMILES string of the molecule is CC(C)(C)Cn1c(=O)c(C(=O)NC2CC2)c(O)n2nc(Nc3cnc(C(N)=O)cn3)cc12. The summed E-state index contributed by atoms with van der Waals surface area (Å²) in [4.78, 5) is 45.0. The predicted molar refractivity (Wildman–Crippen MR) is 115 cm³/mol. The van der Waals surface area contributed by atoms with Crippen LogP contribution in [0.4, 0.5) is 11.6 Å². The monoisotopic (exact) mass is 440 g/mol. The summed E-state index contributed by atoms with van der Waals surface area (Å²) < 4.78 is 2.56. The maximum Gasteiger partial charge on any atom is 0.270 e. The molecule has 0 aromatic carbocycles. The number of hydrogen-bond donors (Lipinski definition) is 4. The van der Waals surface area contributed by atoms with E-state index >= 15 is 0 Å². The fourth-order valence-corrected chi connectivity index (χ4v) is 3.18. The van der Waals surface area contributed by atoms with Crippen LogP contribution in [0.5, 0.6) is 5.88 Å². The molecule has 2 amide bonds. The van der Waals surface area contributed by atoms with Crippen molar-refractivity contribution in [2.75, 3.05) is 5.32 Å². The smallest absolute Gasteiger partial charge is 0.270 e. The highest BCUT2D eigenvalue weighted by atomic mass is 16.3. The first-order chi connectivity index (χ1) is 15.0. The molecule has 0 atom stereocenters. The minimum atomic E-state index is -0.704. The topological polar surface area (TPSA) is 170 Å². The molecule has 0 aliphatic heterocycles. The highest BCUT2D eigenvalue weighted by Crippen LogP contribution is 2.25. The zero-order valence-corrected chi connectivity index (χ0v) is 17.9. The van der Waals surface area contributed by atoms with Crippen LogP contribution in [-0.4, -0.2) is 47.1 Å². The number of fused-ring (bicyclic) bond motifs is 1. The van der Waals surface area contributed by atoms with E-state index in [4.69, 9.17) is 5.73 Å². The largest absolute Gasteiger partial charge is 0.492 e. The highest BCUT2D eigenvalue weighted by Gasteiger charge is 2.30. The molecule has 0 radical (unpaired) electrons. The summed E-state index contributed by atoms with van der Waals surface area (Å²) in [5.41, 5.74) is 4.23. The van der Waals surface area contributed by atoms with Crippen molar-refractivity contribution in [1.29, 1.82) is 0 Å². The average Bonchev–Trinajstić information content (AvgIpc) is 3.41. The first kappa shape index (κ1) is 21.3. The fraction of sp³-hybridized carbons (Fsp3) is 0.400. The van der Waals surface area contributed by atoms with E-state index in [0.717, 1.165) is 17.4 Å². The Balaban J connectivity index is 1.79. The van der Waals surface area contributed by atoms with E-state index in [1.165, 1.54) is 17.0 Å². The molecule has 5 N–H and O–H groups in total. The Labute approximate surface area is 182 Å². The van der Waals surface area contributed by atoms with Gasteiger partial charge in [0, 0.05) is 18.7 Å². The van der Waals surface area contributed by atoms with E-state index in [-0.39, 0.29) is 40.9 Å². The van der Waals surface area contributed by atoms with Gasteiger partial charge in [-0.1, -0.05) is 20.8 Å². The Hall–Kier alpha value is -3.96. The summed E-state index contributed by atoms with van der Waals surface area (Å²) in [6.45, 7) is 6.16. The minimum Gasteiger partial charge on any atom is -0.492 e. The number of carbonyl (C=O) groups is 2. The van der Waals surface area contributed by atoms with Gasteiger partial charge in [-0.05, 0) is 18.3 Å². The molecule has 12 nitrogen and oxygen atoms in total. The molecule has 0 bridgehead atoms. The highest BCUT2D eigenvalue weighted by molar-refractivity contribution is 5.96. The van der Waals surface area contributed by atoms with Gasteiger partial charge in [-0.2, -0.15) is 4.52 Å². The zero-order valence-electron chi connectivity index (χ0n) is 17.9. The first-order valence-electron chi connectivity index (χ1n) is 10.1. The average molecular weight is 440 g/mol. The molecule has 3 aromatic heterocycles. The van der Waals surface area contributed by atoms with Crippen molar-refractivity contribution in [2.24, 2.45) is 11.1 Å². The van der Waals surface area contributed by atoms with Gasteiger partial charge in [0.15, 0.2) is 11.4 Å². The molecule has 32 heavy (non-hydrogen) atoms. The molecule has 1 aliphatic carbocycles. The quantitative estimate of drug-likeness (QED) is 0.435. The van der Waals surface area contributed by atoms with E-state index < -0.39 is 23.3 Å². The van der Waals surface area contributed by atoms with Crippen LogP contribution < -0.4 is 21.9 Å². The van der Waals surface area contributed by atoms with E-state index in [9.17, 15) is 19.5 Å². The number of anilines is 2. The molecular weight excluding hydrogens is 416 g/mol. The Morgan fingerprint density at radius 1 is 1.22 bits per heavy atom. The van der Waals surface area contributed by atoms with Gasteiger partial charge < -0.3 is 21.5 Å². The first-order valence-corrected chi connectivity index (χ1v) is 10.1. The van der Waals surface area contributed by atoms with Crippen molar-refractivity contribution in [2.45, 2.75) is 46.2 Å². The summed E-state index contributed by atoms with van der Waals surface area (Å²) in [5, 5.41) is 20.7. The van der Waals surface area contributed by atoms with Gasteiger partial charge in [0.2, 0.25) is 5.88 Å². The molecule has 168 valence electrons. The molecule has 1 aliphatic rings. The molecule has 0 saturated heterocycles. The molecule has 1 fully saturated rings. The van der Waals surface area contributed by atoms with Crippen molar-refractivity contribution < 1.29 is 14.7 Å². The van der Waals surface area contributed by atoms with Crippen molar-refractivity contribution in [3.8, 4) is 5.88 Å². The second kappa shape index (κ2) is 7.62. The van der Waals surface area contributed by atoms with E-state index in [2.05, 4.69) is 25.7 Å². The van der Waals surface area contributed by atoms with Gasteiger partial charge in [-0.25, -0.2) is 9.97 Å². The summed E-state index contributed by atoms with van der Waals surface area (Å²) in [7, 11) is 0. The maximum absolute atomic E-state index is 13.2. The van der Waals surface area contributed by atoms with Crippen LogP contribution in [0.2, 0.25) is 0 Å². The van der Waals surface area contributed by atoms with Crippen molar-refractivity contribution >= 4 is 29.1 Å². The maximum atomic E-state index is 13.2. The van der Waals surface area contributed by atoms with Gasteiger partial charge in [-0.3, -0.25) is 19.0 Å². The number of nitrogens with two attached hydrogens (primary N) is 1. The third kappa shape index (κ3) is 4.24. The van der Waals surface area contributed by atoms with Crippen LogP contribution in [0.25, 0.3) is 5.65 Å². The lowest BCUT2D eigenvalue weighted by Crippen LogP contribution is -2.37. The molecule has 4 rings (SSSR count). The number of nitrogens with zero attached hydrogens (tertiary/aromatic N) is 5. The third-order valence-corrected chi connectivity index (χ3v) is 4.78. The molecule has 1 saturated carbocycles. The zero-order chi connectivity index (χ0) is 23.2. The number of aromatic hydroxyl groups is 1. The van der Waals surface area contributed by atoms with Gasteiger partial charge in [-0.15, -0.1) is 5.10 Å². The molecule has 3 aromatic rings. The minimum absolute atomic E-state index is 0.00790. The number of primary amides is 1. The second-order valence-electron chi connectivity index (χ2n) is 8.97. The van der Waals surface area contributed by atoms with Crippen molar-refractivity contribution in [3.05, 3.63) is 40.1 Å². The summed E-state index contributed by atoms with van der Waals surface area (Å²) in [6.07, 6.45) is 4.21. The van der Waals surface area contributed by atoms with Crippen LogP contribution in [0.1, 0.15) is 54.5 Å². The summed E-state index contributed by atoms with van der Waals surface area (Å²) >= 11 is 0. The Morgan fingerprint density at radius 3 is 2.50 bits per heavy atom. The molecule has 0 spiro atoms. The fourth-order valence-electron chi connectivity index (χ4n) is 3.18. The number of carbonyl (C=O) groups excluding carboxylic acids is 2. The van der Waals surface area contributed by atoms with Crippen LogP contribution in [0.15, 0.2) is 23.3 Å². The lowest BCUT2D eigenvalue weighted by atomic mass is 9.97. The van der Waals surface area contributed by atoms with Crippen LogP contribution >= 0.6 is 0 Å². The number of hydrogen-bond acceptors (Lipinski definition) is 8. The van der Waals surface area contributed by atoms with Crippen LogP contribution in [0.3, 0.4) is 0 Å². The lowest BCUT2D eigenvalue weighted by molar-refractivity contribution is 0.0943. The van der Waals surface area contributed by atoms with E-state index in [0.29, 0.717) is 5.65 Å². The third-order valence-electron chi connectivity index (χ3n) is 4.78. The summed E-state index contributed by atoms with van der Waals surface area (Å²) in [6, 6.07) is 1.57. The van der Waals surface area contributed by atoms with Gasteiger partial charge in [0.1, 0.15) is 17.2 Å². The van der Waals surface area contributed by atoms with Crippen molar-refractivity contribution in [3.63, 3.8) is 0 Å². The number of aromatic nitrogens is 5. The Morgan fingerprint density at radius 2 is 1.94 bits per heavy atom. The van der Waals surface area contributed by atoms with Crippen molar-refractivity contribution in [1.82, 2.24) is 29.5 Å². The molecule has 3 heterocycles. The Kier molecular flexibility index (Phi) is 5.07. The number of rotatable bonds is 6. The Bertz CT molecular complexity index is 1270. The number of nitrogens with one attached hydrogen (secondary N) is 2. The van der Waals surface area contributed by atoms with E-state index in [1.54, 1.807) is 6.07 Å². The van der Waals surface area contributed by atoms with Gasteiger partial charge in [0.25, 0.3) is 17.4 Å². The molecule has 0 unspecified atom stereocenters. The number of amides is 2. The summed E-state index contributed by atoms with van der Waals surface area (Å²) in [5.74, 6) is -1.35. The standard InChI is InChI=1S/C20H24N8O4/c1-20(2,3)9-27-14-6-12(25-13-8-22-11(7-23-13)16(21)29)26-28(14)19(32)15(18(27)31)17(30)24-10-4-5-10/h6-8,10,32H,4-5,9H2,1-3H3,(H2,21,29)(H,24,30)(H,23,25,26).